The highest BCUT2D eigenvalue weighted by molar-refractivity contribution is 6.34. The lowest BCUT2D eigenvalue weighted by Gasteiger charge is -2.14. The van der Waals surface area contributed by atoms with Crippen LogP contribution in [0.1, 0.15) is 36.8 Å². The van der Waals surface area contributed by atoms with Crippen LogP contribution >= 0.6 is 11.6 Å². The number of nitrogens with zero attached hydrogens (tertiary/aromatic N) is 3. The summed E-state index contributed by atoms with van der Waals surface area (Å²) in [5.74, 6) is 0.213. The molecular formula is C23H23ClN6O3. The molecule has 2 aromatic carbocycles. The Morgan fingerprint density at radius 1 is 1.03 bits per heavy atom. The summed E-state index contributed by atoms with van der Waals surface area (Å²) in [4.78, 5) is 27.3. The minimum Gasteiger partial charge on any atom is -0.453 e. The Balaban J connectivity index is 1.59. The van der Waals surface area contributed by atoms with Gasteiger partial charge in [-0.2, -0.15) is 5.10 Å². The van der Waals surface area contributed by atoms with E-state index in [1.807, 2.05) is 39.0 Å². The zero-order chi connectivity index (χ0) is 23.8. The van der Waals surface area contributed by atoms with E-state index in [-0.39, 0.29) is 11.3 Å². The number of amides is 2. The fraction of sp³-hybridized carbons (Fsp3) is 0.217. The molecule has 170 valence electrons. The predicted octanol–water partition coefficient (Wildman–Crippen LogP) is 5.11. The van der Waals surface area contributed by atoms with Gasteiger partial charge in [0, 0.05) is 22.2 Å². The maximum atomic E-state index is 12.8. The molecule has 4 aromatic rings. The fourth-order valence-corrected chi connectivity index (χ4v) is 3.71. The zero-order valence-electron chi connectivity index (χ0n) is 18.6. The normalized spacial score (nSPS) is 11.4. The van der Waals surface area contributed by atoms with Gasteiger partial charge in [-0.25, -0.2) is 4.79 Å². The molecule has 0 saturated heterocycles. The lowest BCUT2D eigenvalue weighted by atomic mass is 9.92. The topological polar surface area (TPSA) is 113 Å². The molecule has 2 heterocycles. The SMILES string of the molecule is COC(=O)Nc1ccc(C(=O)Nc2ccccc2-c2nn3nc(C(C)(C)C)c(Cl)c3[nH]2)cc1. The number of benzene rings is 2. The Hall–Kier alpha value is -3.85. The summed E-state index contributed by atoms with van der Waals surface area (Å²) in [5, 5.41) is 15.0. The van der Waals surface area contributed by atoms with Gasteiger partial charge in [0.15, 0.2) is 11.5 Å². The first-order valence-electron chi connectivity index (χ1n) is 10.2. The molecule has 9 nitrogen and oxygen atoms in total. The van der Waals surface area contributed by atoms with Gasteiger partial charge in [0.2, 0.25) is 0 Å². The Labute approximate surface area is 195 Å². The average Bonchev–Trinajstić information content (AvgIpc) is 3.33. The lowest BCUT2D eigenvalue weighted by molar-refractivity contribution is 0.102. The first-order chi connectivity index (χ1) is 15.7. The highest BCUT2D eigenvalue weighted by atomic mass is 35.5. The maximum absolute atomic E-state index is 12.8. The van der Waals surface area contributed by atoms with Crippen molar-refractivity contribution < 1.29 is 14.3 Å². The summed E-state index contributed by atoms with van der Waals surface area (Å²) < 4.78 is 6.04. The van der Waals surface area contributed by atoms with Crippen LogP contribution in [0.2, 0.25) is 5.02 Å². The molecule has 3 N–H and O–H groups in total. The molecular weight excluding hydrogens is 444 g/mol. The van der Waals surface area contributed by atoms with Crippen molar-refractivity contribution in [3.05, 3.63) is 64.8 Å². The number of carbonyl (C=O) groups excluding carboxylic acids is 2. The number of aromatic nitrogens is 4. The van der Waals surface area contributed by atoms with E-state index in [9.17, 15) is 9.59 Å². The molecule has 10 heteroatoms. The second-order valence-corrected chi connectivity index (χ2v) is 8.80. The second-order valence-electron chi connectivity index (χ2n) is 8.42. The zero-order valence-corrected chi connectivity index (χ0v) is 19.3. The van der Waals surface area contributed by atoms with Crippen LogP contribution in [0.25, 0.3) is 17.0 Å². The van der Waals surface area contributed by atoms with Crippen LogP contribution in [0.5, 0.6) is 0 Å². The molecule has 0 atom stereocenters. The van der Waals surface area contributed by atoms with Gasteiger partial charge in [0.05, 0.1) is 18.5 Å². The van der Waals surface area contributed by atoms with Crippen LogP contribution in [0, 0.1) is 0 Å². The lowest BCUT2D eigenvalue weighted by Crippen LogP contribution is -2.14. The Morgan fingerprint density at radius 2 is 1.73 bits per heavy atom. The molecule has 33 heavy (non-hydrogen) atoms. The minimum atomic E-state index is -0.583. The number of halogens is 1. The molecule has 0 radical (unpaired) electrons. The molecule has 0 fully saturated rings. The molecule has 0 aliphatic rings. The first kappa shape index (κ1) is 22.3. The van der Waals surface area contributed by atoms with Crippen molar-refractivity contribution in [1.29, 1.82) is 0 Å². The number of nitrogens with one attached hydrogen (secondary N) is 3. The highest BCUT2D eigenvalue weighted by Gasteiger charge is 2.25. The van der Waals surface area contributed by atoms with E-state index in [1.54, 1.807) is 30.3 Å². The third kappa shape index (κ3) is 4.54. The summed E-state index contributed by atoms with van der Waals surface area (Å²) in [5.41, 5.74) is 3.32. The van der Waals surface area contributed by atoms with Crippen molar-refractivity contribution in [2.75, 3.05) is 17.7 Å². The summed E-state index contributed by atoms with van der Waals surface area (Å²) in [6, 6.07) is 13.8. The number of fused-ring (bicyclic) bond motifs is 1. The smallest absolute Gasteiger partial charge is 0.411 e. The first-order valence-corrected chi connectivity index (χ1v) is 10.6. The van der Waals surface area contributed by atoms with E-state index in [1.165, 1.54) is 11.7 Å². The van der Waals surface area contributed by atoms with Crippen molar-refractivity contribution in [2.24, 2.45) is 0 Å². The molecule has 0 unspecified atom stereocenters. The molecule has 0 aliphatic heterocycles. The molecule has 0 saturated carbocycles. The second kappa shape index (κ2) is 8.59. The molecule has 0 aliphatic carbocycles. The van der Waals surface area contributed by atoms with E-state index in [2.05, 4.69) is 30.6 Å². The van der Waals surface area contributed by atoms with Gasteiger partial charge in [0.25, 0.3) is 5.91 Å². The maximum Gasteiger partial charge on any atom is 0.411 e. The van der Waals surface area contributed by atoms with Crippen molar-refractivity contribution in [3.8, 4) is 11.4 Å². The Bertz CT molecular complexity index is 1330. The number of para-hydroxylation sites is 1. The molecule has 2 amide bonds. The number of anilines is 2. The molecule has 4 rings (SSSR count). The number of hydrogen-bond donors (Lipinski definition) is 3. The van der Waals surface area contributed by atoms with Crippen LogP contribution in [0.15, 0.2) is 48.5 Å². The van der Waals surface area contributed by atoms with E-state index < -0.39 is 6.09 Å². The quantitative estimate of drug-likeness (QED) is 0.387. The summed E-state index contributed by atoms with van der Waals surface area (Å²) >= 11 is 6.54. The van der Waals surface area contributed by atoms with E-state index in [0.717, 1.165) is 5.69 Å². The van der Waals surface area contributed by atoms with Crippen LogP contribution < -0.4 is 10.6 Å². The van der Waals surface area contributed by atoms with Gasteiger partial charge >= 0.3 is 6.09 Å². The number of methoxy groups -OCH3 is 1. The third-order valence-corrected chi connectivity index (χ3v) is 5.32. The summed E-state index contributed by atoms with van der Waals surface area (Å²) in [7, 11) is 1.28. The highest BCUT2D eigenvalue weighted by Crippen LogP contribution is 2.33. The standard InChI is InChI=1S/C23H23ClN6O3/c1-23(2,3)18-17(24)20-27-19(29-30(20)28-18)15-7-5-6-8-16(15)26-21(31)13-9-11-14(12-10-13)25-22(32)33-4/h5-12H,1-4H3,(H,25,32)(H,26,31)(H,27,29). The fourth-order valence-electron chi connectivity index (χ4n) is 3.27. The largest absolute Gasteiger partial charge is 0.453 e. The van der Waals surface area contributed by atoms with E-state index in [4.69, 9.17) is 11.6 Å². The number of ether oxygens (including phenoxy) is 1. The third-order valence-electron chi connectivity index (χ3n) is 4.96. The Morgan fingerprint density at radius 3 is 2.36 bits per heavy atom. The summed E-state index contributed by atoms with van der Waals surface area (Å²) in [6.07, 6.45) is -0.583. The van der Waals surface area contributed by atoms with Gasteiger partial charge in [-0.1, -0.05) is 44.5 Å². The monoisotopic (exact) mass is 466 g/mol. The van der Waals surface area contributed by atoms with Gasteiger partial charge in [0.1, 0.15) is 5.02 Å². The van der Waals surface area contributed by atoms with Gasteiger partial charge in [-0.05, 0) is 36.4 Å². The van der Waals surface area contributed by atoms with Gasteiger partial charge in [-0.3, -0.25) is 10.1 Å². The van der Waals surface area contributed by atoms with Gasteiger partial charge < -0.3 is 15.0 Å². The average molecular weight is 467 g/mol. The molecule has 2 aromatic heterocycles. The number of rotatable bonds is 4. The van der Waals surface area contributed by atoms with Crippen molar-refractivity contribution in [1.82, 2.24) is 19.8 Å². The van der Waals surface area contributed by atoms with Crippen molar-refractivity contribution in [2.45, 2.75) is 26.2 Å². The number of aromatic amines is 1. The summed E-state index contributed by atoms with van der Waals surface area (Å²) in [6.45, 7) is 6.10. The number of hydrogen-bond acceptors (Lipinski definition) is 5. The Kier molecular flexibility index (Phi) is 5.82. The van der Waals surface area contributed by atoms with Crippen LogP contribution in [-0.2, 0) is 10.2 Å². The van der Waals surface area contributed by atoms with Crippen molar-refractivity contribution in [3.63, 3.8) is 0 Å². The number of H-pyrrole nitrogens is 1. The van der Waals surface area contributed by atoms with Gasteiger partial charge in [-0.15, -0.1) is 9.73 Å². The number of carbonyl (C=O) groups is 2. The van der Waals surface area contributed by atoms with E-state index in [0.29, 0.717) is 39.0 Å². The molecule has 0 spiro atoms. The van der Waals surface area contributed by atoms with E-state index >= 15 is 0 Å². The van der Waals surface area contributed by atoms with Crippen LogP contribution in [0.4, 0.5) is 16.2 Å². The minimum absolute atomic E-state index is 0.223. The van der Waals surface area contributed by atoms with Crippen molar-refractivity contribution >= 4 is 40.6 Å². The predicted molar refractivity (Wildman–Crippen MR) is 127 cm³/mol. The van der Waals surface area contributed by atoms with Crippen LogP contribution in [-0.4, -0.2) is 38.9 Å². The molecule has 0 bridgehead atoms. The van der Waals surface area contributed by atoms with Crippen LogP contribution in [0.3, 0.4) is 0 Å².